The Bertz CT molecular complexity index is 448. The Morgan fingerprint density at radius 1 is 1.33 bits per heavy atom. The summed E-state index contributed by atoms with van der Waals surface area (Å²) in [5.74, 6) is 0. The average Bonchev–Trinajstić information content (AvgIpc) is 2.29. The number of carbonyl (C=O) groups excluding carboxylic acids is 1. The van der Waals surface area contributed by atoms with Crippen molar-refractivity contribution in [1.29, 1.82) is 0 Å². The highest BCUT2D eigenvalue weighted by atomic mass is 16.1. The number of benzene rings is 1. The second-order valence-electron chi connectivity index (χ2n) is 4.19. The maximum atomic E-state index is 10.8. The summed E-state index contributed by atoms with van der Waals surface area (Å²) in [5.41, 5.74) is 4.71. The van der Waals surface area contributed by atoms with Gasteiger partial charge in [0, 0.05) is 24.3 Å². The first-order chi connectivity index (χ1) is 7.38. The lowest BCUT2D eigenvalue weighted by Gasteiger charge is -2.34. The molecule has 1 aromatic rings. The van der Waals surface area contributed by atoms with Crippen LogP contribution in [-0.4, -0.2) is 19.4 Å². The molecule has 0 fully saturated rings. The molecule has 0 aromatic heterocycles. The third-order valence-electron chi connectivity index (χ3n) is 3.19. The molecule has 0 aliphatic carbocycles. The third-order valence-corrected chi connectivity index (χ3v) is 3.19. The van der Waals surface area contributed by atoms with Crippen LogP contribution in [0.15, 0.2) is 18.2 Å². The second kappa shape index (κ2) is 3.23. The number of carbonyl (C=O) groups is 1. The van der Waals surface area contributed by atoms with E-state index in [0.717, 1.165) is 31.4 Å². The molecule has 2 aliphatic heterocycles. The average molecular weight is 199 g/mol. The lowest BCUT2D eigenvalue weighted by molar-refractivity contribution is 0.112. The molecule has 0 spiro atoms. The van der Waals surface area contributed by atoms with E-state index in [1.165, 1.54) is 23.2 Å². The molecular weight excluding hydrogens is 186 g/mol. The van der Waals surface area contributed by atoms with Gasteiger partial charge in [-0.3, -0.25) is 4.79 Å². The summed E-state index contributed by atoms with van der Waals surface area (Å²) in [4.78, 5) is 13.2. The fourth-order valence-corrected chi connectivity index (χ4v) is 2.58. The summed E-state index contributed by atoms with van der Waals surface area (Å²) < 4.78 is 0. The smallest absolute Gasteiger partial charge is 0.150 e. The molecule has 0 unspecified atom stereocenters. The van der Waals surface area contributed by atoms with Gasteiger partial charge in [-0.1, -0.05) is 12.2 Å². The molecule has 2 nitrogen and oxygen atoms in total. The van der Waals surface area contributed by atoms with E-state index in [0.29, 0.717) is 0 Å². The van der Waals surface area contributed by atoms with Crippen molar-refractivity contribution < 1.29 is 4.79 Å². The summed E-state index contributed by atoms with van der Waals surface area (Å²) in [7, 11) is 0. The summed E-state index contributed by atoms with van der Waals surface area (Å²) in [6.07, 6.45) is 7.55. The van der Waals surface area contributed by atoms with Crippen LogP contribution in [0.1, 0.15) is 27.9 Å². The molecule has 2 heterocycles. The van der Waals surface area contributed by atoms with Crippen molar-refractivity contribution in [3.63, 3.8) is 0 Å². The molecule has 3 rings (SSSR count). The summed E-state index contributed by atoms with van der Waals surface area (Å²) >= 11 is 0. The van der Waals surface area contributed by atoms with Gasteiger partial charge >= 0.3 is 0 Å². The number of hydrogen-bond donors (Lipinski definition) is 0. The third kappa shape index (κ3) is 1.29. The molecule has 0 radical (unpaired) electrons. The van der Waals surface area contributed by atoms with Crippen LogP contribution in [0.2, 0.25) is 0 Å². The van der Waals surface area contributed by atoms with E-state index in [2.05, 4.69) is 17.1 Å². The molecule has 0 saturated carbocycles. The maximum absolute atomic E-state index is 10.8. The van der Waals surface area contributed by atoms with Gasteiger partial charge in [-0.25, -0.2) is 0 Å². The van der Waals surface area contributed by atoms with Crippen LogP contribution in [0, 0.1) is 0 Å². The van der Waals surface area contributed by atoms with Crippen LogP contribution in [0.3, 0.4) is 0 Å². The number of hydrogen-bond acceptors (Lipinski definition) is 2. The van der Waals surface area contributed by atoms with Crippen LogP contribution < -0.4 is 4.90 Å². The molecule has 76 valence electrons. The Morgan fingerprint density at radius 2 is 2.27 bits per heavy atom. The minimum absolute atomic E-state index is 0.803. The number of anilines is 1. The Kier molecular flexibility index (Phi) is 1.88. The maximum Gasteiger partial charge on any atom is 0.150 e. The van der Waals surface area contributed by atoms with Crippen molar-refractivity contribution in [2.75, 3.05) is 18.0 Å². The zero-order chi connectivity index (χ0) is 10.3. The zero-order valence-electron chi connectivity index (χ0n) is 8.57. The van der Waals surface area contributed by atoms with Crippen molar-refractivity contribution in [2.24, 2.45) is 0 Å². The van der Waals surface area contributed by atoms with Gasteiger partial charge in [-0.2, -0.15) is 0 Å². The molecule has 0 atom stereocenters. The quantitative estimate of drug-likeness (QED) is 0.647. The van der Waals surface area contributed by atoms with E-state index >= 15 is 0 Å². The topological polar surface area (TPSA) is 20.3 Å². The van der Waals surface area contributed by atoms with Crippen molar-refractivity contribution >= 4 is 18.0 Å². The molecule has 2 aliphatic rings. The molecule has 0 saturated heterocycles. The van der Waals surface area contributed by atoms with Crippen LogP contribution in [-0.2, 0) is 6.42 Å². The number of aldehydes is 1. The van der Waals surface area contributed by atoms with Crippen LogP contribution in [0.25, 0.3) is 6.08 Å². The van der Waals surface area contributed by atoms with Crippen molar-refractivity contribution in [3.05, 3.63) is 34.9 Å². The normalized spacial score (nSPS) is 17.5. The highest BCUT2D eigenvalue weighted by Gasteiger charge is 2.21. The zero-order valence-corrected chi connectivity index (χ0v) is 8.57. The highest BCUT2D eigenvalue weighted by molar-refractivity contribution is 5.83. The van der Waals surface area contributed by atoms with Crippen LogP contribution in [0.4, 0.5) is 5.69 Å². The number of rotatable bonds is 1. The number of aryl methyl sites for hydroxylation is 1. The van der Waals surface area contributed by atoms with E-state index in [9.17, 15) is 4.79 Å². The second-order valence-corrected chi connectivity index (χ2v) is 4.19. The van der Waals surface area contributed by atoms with Gasteiger partial charge < -0.3 is 4.90 Å². The first kappa shape index (κ1) is 8.72. The monoisotopic (exact) mass is 199 g/mol. The predicted molar refractivity (Wildman–Crippen MR) is 61.4 cm³/mol. The molecule has 15 heavy (non-hydrogen) atoms. The minimum atomic E-state index is 0.803. The molecule has 1 aromatic carbocycles. The SMILES string of the molecule is O=Cc1cc2c3c(c1)CCCN3CC=C2. The van der Waals surface area contributed by atoms with Crippen molar-refractivity contribution in [2.45, 2.75) is 12.8 Å². The van der Waals surface area contributed by atoms with Crippen LogP contribution >= 0.6 is 0 Å². The van der Waals surface area contributed by atoms with Crippen LogP contribution in [0.5, 0.6) is 0 Å². The fraction of sp³-hybridized carbons (Fsp3) is 0.308. The minimum Gasteiger partial charge on any atom is -0.367 e. The lowest BCUT2D eigenvalue weighted by atomic mass is 9.93. The molecular formula is C13H13NO. The molecule has 0 N–H and O–H groups in total. The van der Waals surface area contributed by atoms with Gasteiger partial charge in [-0.05, 0) is 36.1 Å². The summed E-state index contributed by atoms with van der Waals surface area (Å²) in [6, 6.07) is 4.02. The van der Waals surface area contributed by atoms with Gasteiger partial charge in [0.2, 0.25) is 0 Å². The van der Waals surface area contributed by atoms with Gasteiger partial charge in [0.15, 0.2) is 0 Å². The fourth-order valence-electron chi connectivity index (χ4n) is 2.58. The molecule has 0 amide bonds. The van der Waals surface area contributed by atoms with Crippen molar-refractivity contribution in [3.8, 4) is 0 Å². The predicted octanol–water partition coefficient (Wildman–Crippen LogP) is 2.28. The van der Waals surface area contributed by atoms with Gasteiger partial charge in [0.05, 0.1) is 0 Å². The van der Waals surface area contributed by atoms with E-state index in [-0.39, 0.29) is 0 Å². The van der Waals surface area contributed by atoms with E-state index in [4.69, 9.17) is 0 Å². The highest BCUT2D eigenvalue weighted by Crippen LogP contribution is 2.34. The van der Waals surface area contributed by atoms with E-state index in [1.807, 2.05) is 12.1 Å². The Hall–Kier alpha value is -1.57. The Morgan fingerprint density at radius 3 is 3.13 bits per heavy atom. The van der Waals surface area contributed by atoms with E-state index in [1.54, 1.807) is 0 Å². The lowest BCUT2D eigenvalue weighted by Crippen LogP contribution is -2.31. The summed E-state index contributed by atoms with van der Waals surface area (Å²) in [5, 5.41) is 0. The first-order valence-corrected chi connectivity index (χ1v) is 5.42. The first-order valence-electron chi connectivity index (χ1n) is 5.42. The molecule has 0 bridgehead atoms. The van der Waals surface area contributed by atoms with Gasteiger partial charge in [0.1, 0.15) is 6.29 Å². The van der Waals surface area contributed by atoms with E-state index < -0.39 is 0 Å². The molecule has 2 heteroatoms. The number of nitrogens with zero attached hydrogens (tertiary/aromatic N) is 1. The Labute approximate surface area is 89.2 Å². The van der Waals surface area contributed by atoms with Gasteiger partial charge in [-0.15, -0.1) is 0 Å². The largest absolute Gasteiger partial charge is 0.367 e. The van der Waals surface area contributed by atoms with Gasteiger partial charge in [0.25, 0.3) is 0 Å². The Balaban J connectivity index is 2.24. The summed E-state index contributed by atoms with van der Waals surface area (Å²) in [6.45, 7) is 2.16. The van der Waals surface area contributed by atoms with Crippen molar-refractivity contribution in [1.82, 2.24) is 0 Å². The standard InChI is InChI=1S/C13H13NO/c15-9-10-7-11-3-1-5-14-6-2-4-12(8-10)13(11)14/h1,3,7-9H,2,4-6H2.